The van der Waals surface area contributed by atoms with Crippen LogP contribution in [0.5, 0.6) is 5.75 Å². The van der Waals surface area contributed by atoms with E-state index in [-0.39, 0.29) is 35.6 Å². The Labute approximate surface area is 116 Å². The lowest BCUT2D eigenvalue weighted by Crippen LogP contribution is -2.32. The number of nitro groups is 1. The molecule has 1 unspecified atom stereocenters. The Morgan fingerprint density at radius 3 is 2.90 bits per heavy atom. The molecule has 7 heteroatoms. The molecule has 1 saturated heterocycles. The van der Waals surface area contributed by atoms with Gasteiger partial charge in [-0.3, -0.25) is 14.9 Å². The van der Waals surface area contributed by atoms with Crippen molar-refractivity contribution in [3.8, 4) is 5.75 Å². The normalized spacial score (nSPS) is 18.1. The highest BCUT2D eigenvalue weighted by Crippen LogP contribution is 2.32. The molecule has 7 nitrogen and oxygen atoms in total. The highest BCUT2D eigenvalue weighted by atomic mass is 16.6. The number of likely N-dealkylation sites (tertiary alicyclic amines) is 1. The van der Waals surface area contributed by atoms with Crippen LogP contribution in [-0.2, 0) is 0 Å². The summed E-state index contributed by atoms with van der Waals surface area (Å²) in [6.45, 7) is 3.00. The number of amides is 1. The average Bonchev–Trinajstić information content (AvgIpc) is 2.85. The number of ether oxygens (including phenoxy) is 1. The Kier molecular flexibility index (Phi) is 4.19. The molecule has 0 radical (unpaired) electrons. The van der Waals surface area contributed by atoms with E-state index < -0.39 is 4.92 Å². The van der Waals surface area contributed by atoms with E-state index in [4.69, 9.17) is 10.5 Å². The Morgan fingerprint density at radius 2 is 2.35 bits per heavy atom. The summed E-state index contributed by atoms with van der Waals surface area (Å²) in [6, 6.07) is 4.33. The van der Waals surface area contributed by atoms with Crippen LogP contribution in [-0.4, -0.2) is 41.5 Å². The standard InChI is InChI=1S/C13H17N3O4/c1-2-20-12-10(4-3-5-11(12)16(18)19)13(17)15-7-6-9(14)8-15/h3-5,9H,2,6-8,14H2,1H3. The van der Waals surface area contributed by atoms with E-state index in [0.717, 1.165) is 6.42 Å². The van der Waals surface area contributed by atoms with Crippen molar-refractivity contribution in [1.82, 2.24) is 4.90 Å². The smallest absolute Gasteiger partial charge is 0.311 e. The number of nitrogens with zero attached hydrogens (tertiary/aromatic N) is 2. The van der Waals surface area contributed by atoms with Crippen molar-refractivity contribution in [2.75, 3.05) is 19.7 Å². The summed E-state index contributed by atoms with van der Waals surface area (Å²) in [6.07, 6.45) is 0.741. The third-order valence-electron chi connectivity index (χ3n) is 3.22. The second kappa shape index (κ2) is 5.87. The third kappa shape index (κ3) is 2.72. The predicted molar refractivity (Wildman–Crippen MR) is 72.8 cm³/mol. The Balaban J connectivity index is 2.37. The minimum atomic E-state index is -0.544. The minimum absolute atomic E-state index is 0.0328. The number of benzene rings is 1. The van der Waals surface area contributed by atoms with Crippen molar-refractivity contribution >= 4 is 11.6 Å². The second-order valence-electron chi connectivity index (χ2n) is 4.64. The molecule has 1 heterocycles. The molecule has 1 atom stereocenters. The molecule has 20 heavy (non-hydrogen) atoms. The number of hydrogen-bond donors (Lipinski definition) is 1. The van der Waals surface area contributed by atoms with Crippen LogP contribution in [0.25, 0.3) is 0 Å². The van der Waals surface area contributed by atoms with Crippen LogP contribution in [0, 0.1) is 10.1 Å². The maximum atomic E-state index is 12.4. The van der Waals surface area contributed by atoms with E-state index in [1.54, 1.807) is 17.9 Å². The summed E-state index contributed by atoms with van der Waals surface area (Å²) in [5.74, 6) is -0.240. The van der Waals surface area contributed by atoms with E-state index in [9.17, 15) is 14.9 Å². The van der Waals surface area contributed by atoms with Gasteiger partial charge in [-0.2, -0.15) is 0 Å². The summed E-state index contributed by atoms with van der Waals surface area (Å²) in [5.41, 5.74) is 5.81. The number of hydrogen-bond acceptors (Lipinski definition) is 5. The van der Waals surface area contributed by atoms with Gasteiger partial charge in [-0.25, -0.2) is 0 Å². The van der Waals surface area contributed by atoms with Crippen molar-refractivity contribution in [1.29, 1.82) is 0 Å². The SMILES string of the molecule is CCOc1c(C(=O)N2CCC(N)C2)cccc1[N+](=O)[O-]. The first-order chi connectivity index (χ1) is 9.54. The highest BCUT2D eigenvalue weighted by molar-refractivity contribution is 5.98. The largest absolute Gasteiger partial charge is 0.487 e. The van der Waals surface area contributed by atoms with Gasteiger partial charge in [0.15, 0.2) is 0 Å². The van der Waals surface area contributed by atoms with Crippen LogP contribution in [0.15, 0.2) is 18.2 Å². The molecular formula is C13H17N3O4. The number of carbonyl (C=O) groups excluding carboxylic acids is 1. The number of carbonyl (C=O) groups is 1. The molecule has 0 aromatic heterocycles. The molecule has 1 aromatic carbocycles. The van der Waals surface area contributed by atoms with E-state index in [0.29, 0.717) is 13.1 Å². The van der Waals surface area contributed by atoms with Crippen molar-refractivity contribution < 1.29 is 14.5 Å². The van der Waals surface area contributed by atoms with Gasteiger partial charge < -0.3 is 15.4 Å². The van der Waals surface area contributed by atoms with Crippen LogP contribution in [0.3, 0.4) is 0 Å². The van der Waals surface area contributed by atoms with Crippen LogP contribution in [0.1, 0.15) is 23.7 Å². The summed E-state index contributed by atoms with van der Waals surface area (Å²) < 4.78 is 5.32. The van der Waals surface area contributed by atoms with Gasteiger partial charge in [0, 0.05) is 25.2 Å². The molecule has 2 rings (SSSR count). The average molecular weight is 279 g/mol. The molecule has 0 bridgehead atoms. The topological polar surface area (TPSA) is 98.7 Å². The van der Waals surface area contributed by atoms with Crippen molar-refractivity contribution in [3.05, 3.63) is 33.9 Å². The zero-order chi connectivity index (χ0) is 14.7. The van der Waals surface area contributed by atoms with Crippen molar-refractivity contribution in [2.45, 2.75) is 19.4 Å². The number of para-hydroxylation sites is 1. The molecule has 1 aliphatic rings. The maximum absolute atomic E-state index is 12.4. The third-order valence-corrected chi connectivity index (χ3v) is 3.22. The van der Waals surface area contributed by atoms with Crippen LogP contribution >= 0.6 is 0 Å². The van der Waals surface area contributed by atoms with Gasteiger partial charge in [0.1, 0.15) is 0 Å². The van der Waals surface area contributed by atoms with Gasteiger partial charge in [-0.05, 0) is 19.4 Å². The molecule has 0 spiro atoms. The number of nitro benzene ring substituents is 1. The molecule has 0 aliphatic carbocycles. The van der Waals surface area contributed by atoms with Crippen LogP contribution < -0.4 is 10.5 Å². The summed E-state index contributed by atoms with van der Waals surface area (Å²) >= 11 is 0. The summed E-state index contributed by atoms with van der Waals surface area (Å²) in [4.78, 5) is 24.5. The number of rotatable bonds is 4. The zero-order valence-electron chi connectivity index (χ0n) is 11.2. The number of nitrogens with two attached hydrogens (primary N) is 1. The molecule has 2 N–H and O–H groups in total. The van der Waals surface area contributed by atoms with Gasteiger partial charge in [-0.1, -0.05) is 6.07 Å². The molecule has 1 amide bonds. The highest BCUT2D eigenvalue weighted by Gasteiger charge is 2.29. The van der Waals surface area contributed by atoms with E-state index in [2.05, 4.69) is 0 Å². The van der Waals surface area contributed by atoms with Gasteiger partial charge in [-0.15, -0.1) is 0 Å². The lowest BCUT2D eigenvalue weighted by atomic mass is 10.1. The fourth-order valence-electron chi connectivity index (χ4n) is 2.28. The minimum Gasteiger partial charge on any atom is -0.487 e. The van der Waals surface area contributed by atoms with E-state index in [1.807, 2.05) is 0 Å². The van der Waals surface area contributed by atoms with Gasteiger partial charge in [0.25, 0.3) is 5.91 Å². The zero-order valence-corrected chi connectivity index (χ0v) is 11.2. The molecule has 1 fully saturated rings. The van der Waals surface area contributed by atoms with Gasteiger partial charge >= 0.3 is 5.69 Å². The van der Waals surface area contributed by atoms with Crippen LogP contribution in [0.4, 0.5) is 5.69 Å². The molecule has 1 aromatic rings. The first kappa shape index (κ1) is 14.3. The van der Waals surface area contributed by atoms with Crippen LogP contribution in [0.2, 0.25) is 0 Å². The maximum Gasteiger partial charge on any atom is 0.311 e. The monoisotopic (exact) mass is 279 g/mol. The second-order valence-corrected chi connectivity index (χ2v) is 4.64. The molecular weight excluding hydrogens is 262 g/mol. The molecule has 0 saturated carbocycles. The lowest BCUT2D eigenvalue weighted by molar-refractivity contribution is -0.385. The van der Waals surface area contributed by atoms with E-state index >= 15 is 0 Å². The van der Waals surface area contributed by atoms with Crippen molar-refractivity contribution in [3.63, 3.8) is 0 Å². The molecule has 1 aliphatic heterocycles. The first-order valence-electron chi connectivity index (χ1n) is 6.49. The predicted octanol–water partition coefficient (Wildman–Crippen LogP) is 1.17. The Bertz CT molecular complexity index is 532. The van der Waals surface area contributed by atoms with E-state index in [1.165, 1.54) is 12.1 Å². The van der Waals surface area contributed by atoms with Gasteiger partial charge in [0.2, 0.25) is 5.75 Å². The first-order valence-corrected chi connectivity index (χ1v) is 6.49. The quantitative estimate of drug-likeness (QED) is 0.658. The lowest BCUT2D eigenvalue weighted by Gasteiger charge is -2.17. The van der Waals surface area contributed by atoms with Crippen molar-refractivity contribution in [2.24, 2.45) is 5.73 Å². The fraction of sp³-hybridized carbons (Fsp3) is 0.462. The Hall–Kier alpha value is -2.15. The summed E-state index contributed by atoms with van der Waals surface area (Å²) in [7, 11) is 0. The van der Waals surface area contributed by atoms with Gasteiger partial charge in [0.05, 0.1) is 17.1 Å². The Morgan fingerprint density at radius 1 is 1.60 bits per heavy atom. The summed E-state index contributed by atoms with van der Waals surface area (Å²) in [5, 5.41) is 11.0. The fourth-order valence-corrected chi connectivity index (χ4v) is 2.28. The molecule has 108 valence electrons.